The molecular weight excluding hydrogens is 532 g/mol. The minimum Gasteiger partial charge on any atom is -0.494 e. The molecule has 2 aliphatic heterocycles. The van der Waals surface area contributed by atoms with Gasteiger partial charge in [0.1, 0.15) is 5.75 Å². The van der Waals surface area contributed by atoms with Gasteiger partial charge >= 0.3 is 0 Å². The van der Waals surface area contributed by atoms with Gasteiger partial charge in [-0.2, -0.15) is 18.2 Å². The Bertz CT molecular complexity index is 1060. The third-order valence-electron chi connectivity index (χ3n) is 10.1. The largest absolute Gasteiger partial charge is 0.494 e. The van der Waals surface area contributed by atoms with Crippen LogP contribution in [0.5, 0.6) is 5.75 Å². The molecule has 5 aliphatic carbocycles. The first-order valence-electron chi connectivity index (χ1n) is 15.3. The Morgan fingerprint density at radius 1 is 0.975 bits per heavy atom. The monoisotopic (exact) mass is 578 g/mol. The number of benzene rings is 1. The van der Waals surface area contributed by atoms with Gasteiger partial charge in [0.15, 0.2) is 0 Å². The minimum absolute atomic E-state index is 0.440. The van der Waals surface area contributed by atoms with Crippen molar-refractivity contribution in [3.05, 3.63) is 29.8 Å². The summed E-state index contributed by atoms with van der Waals surface area (Å²) in [5, 5.41) is 3.41. The molecule has 40 heavy (non-hydrogen) atoms. The fourth-order valence-electron chi connectivity index (χ4n) is 8.44. The van der Waals surface area contributed by atoms with Crippen LogP contribution in [0.2, 0.25) is 0 Å². The van der Waals surface area contributed by atoms with Gasteiger partial charge in [-0.1, -0.05) is 12.1 Å². The van der Waals surface area contributed by atoms with Crippen molar-refractivity contribution in [2.75, 3.05) is 45.6 Å². The molecule has 0 unspecified atom stereocenters. The zero-order valence-electron chi connectivity index (χ0n) is 23.8. The first-order valence-corrected chi connectivity index (χ1v) is 17.2. The molecule has 1 aromatic rings. The third-order valence-corrected chi connectivity index (χ3v) is 10.1. The zero-order chi connectivity index (χ0) is 27.8. The zero-order valence-corrected chi connectivity index (χ0v) is 24.6. The molecule has 2 N–H and O–H groups in total. The molecular formula is C30H46N2O7S. The van der Waals surface area contributed by atoms with E-state index in [1.54, 1.807) is 0 Å². The average Bonchev–Trinajstić information content (AvgIpc) is 3.30. The number of piperazine rings is 1. The van der Waals surface area contributed by atoms with E-state index >= 15 is 0 Å². The van der Waals surface area contributed by atoms with Gasteiger partial charge in [0.05, 0.1) is 12.9 Å². The van der Waals surface area contributed by atoms with Crippen molar-refractivity contribution in [3.63, 3.8) is 0 Å². The van der Waals surface area contributed by atoms with Gasteiger partial charge in [-0.3, -0.25) is 4.55 Å². The van der Waals surface area contributed by atoms with Gasteiger partial charge in [-0.25, -0.2) is 0 Å². The first-order chi connectivity index (χ1) is 19.2. The Morgan fingerprint density at radius 3 is 2.17 bits per heavy atom. The summed E-state index contributed by atoms with van der Waals surface area (Å²) < 4.78 is 38.8. The van der Waals surface area contributed by atoms with Crippen molar-refractivity contribution < 1.29 is 32.2 Å². The van der Waals surface area contributed by atoms with Crippen molar-refractivity contribution in [3.8, 4) is 5.75 Å². The molecule has 0 atom stereocenters. The van der Waals surface area contributed by atoms with E-state index in [2.05, 4.69) is 34.5 Å². The van der Waals surface area contributed by atoms with Crippen LogP contribution in [0.1, 0.15) is 75.7 Å². The van der Waals surface area contributed by atoms with Crippen LogP contribution in [0.3, 0.4) is 0 Å². The lowest BCUT2D eigenvalue weighted by atomic mass is 9.53. The molecule has 10 heteroatoms. The van der Waals surface area contributed by atoms with Gasteiger partial charge in [0, 0.05) is 57.4 Å². The van der Waals surface area contributed by atoms with Crippen molar-refractivity contribution in [1.82, 2.24) is 10.2 Å². The highest BCUT2D eigenvalue weighted by Gasteiger charge is 2.66. The second-order valence-electron chi connectivity index (χ2n) is 13.1. The molecule has 0 amide bonds. The smallest absolute Gasteiger partial charge is 0.261 e. The fourth-order valence-corrected chi connectivity index (χ4v) is 8.44. The molecule has 1 aromatic carbocycles. The van der Waals surface area contributed by atoms with E-state index < -0.39 is 21.7 Å². The van der Waals surface area contributed by atoms with E-state index in [0.29, 0.717) is 24.0 Å². The molecule has 7 fully saturated rings. The lowest BCUT2D eigenvalue weighted by molar-refractivity contribution is -0.390. The maximum Gasteiger partial charge on any atom is 0.261 e. The molecule has 2 heterocycles. The molecule has 7 aliphatic rings. The maximum absolute atomic E-state index is 9.19. The van der Waals surface area contributed by atoms with Crippen LogP contribution >= 0.6 is 0 Å². The summed E-state index contributed by atoms with van der Waals surface area (Å²) in [6.07, 6.45) is 12.4. The fraction of sp³-hybridized carbons (Fsp3) is 0.800. The van der Waals surface area contributed by atoms with Crippen LogP contribution in [0.15, 0.2) is 24.3 Å². The molecule has 224 valence electrons. The highest BCUT2D eigenvalue weighted by atomic mass is 32.2. The van der Waals surface area contributed by atoms with E-state index in [0.717, 1.165) is 89.0 Å². The standard InChI is InChI=1S/C29H42N2O4.CH4O3S/c1(12-31-13-10-30-11-14-31)15-32-27-4-2-23(3-5-27)24-6-8-28(9-7-24)33-29(35-34-28)25-17-21-16-22(19-25)20-26(29)18-21;1-5(2,3)4/h2-5,21-22,24-26,30H,1,6-20H2;1H3,(H,2,3,4). The second kappa shape index (κ2) is 11.8. The maximum atomic E-state index is 9.19. The van der Waals surface area contributed by atoms with Gasteiger partial charge in [-0.05, 0) is 86.8 Å². The van der Waals surface area contributed by atoms with Crippen molar-refractivity contribution >= 4 is 10.1 Å². The first kappa shape index (κ1) is 28.8. The van der Waals surface area contributed by atoms with E-state index in [1.165, 1.54) is 37.7 Å². The molecule has 2 saturated heterocycles. The van der Waals surface area contributed by atoms with Gasteiger partial charge in [0.2, 0.25) is 11.6 Å². The Kier molecular flexibility index (Phi) is 8.49. The SMILES string of the molecule is CS(=O)(=O)O.c1cc(C2CCC3(CC2)OOC2(O3)C3CC4CC(C3)CC2C4)ccc1OCCCN1CCNCC1. The van der Waals surface area contributed by atoms with Crippen molar-refractivity contribution in [1.29, 1.82) is 0 Å². The molecule has 2 spiro atoms. The quantitative estimate of drug-likeness (QED) is 0.289. The second-order valence-corrected chi connectivity index (χ2v) is 14.5. The molecule has 0 aromatic heterocycles. The van der Waals surface area contributed by atoms with Crippen LogP contribution in [0, 0.1) is 23.7 Å². The van der Waals surface area contributed by atoms with E-state index in [4.69, 9.17) is 23.8 Å². The van der Waals surface area contributed by atoms with Crippen molar-refractivity contribution in [2.45, 2.75) is 81.7 Å². The molecule has 4 bridgehead atoms. The third kappa shape index (κ3) is 6.53. The Hall–Kier alpha value is -1.27. The predicted molar refractivity (Wildman–Crippen MR) is 150 cm³/mol. The highest BCUT2D eigenvalue weighted by Crippen LogP contribution is 2.64. The lowest BCUT2D eigenvalue weighted by Gasteiger charge is -2.57. The number of nitrogens with zero attached hydrogens (tertiary/aromatic N) is 1. The van der Waals surface area contributed by atoms with Crippen LogP contribution in [0.4, 0.5) is 0 Å². The molecule has 5 saturated carbocycles. The van der Waals surface area contributed by atoms with Gasteiger partial charge in [-0.15, -0.1) is 0 Å². The van der Waals surface area contributed by atoms with Crippen LogP contribution in [-0.2, 0) is 24.6 Å². The predicted octanol–water partition coefficient (Wildman–Crippen LogP) is 4.35. The number of ether oxygens (including phenoxy) is 2. The number of rotatable bonds is 6. The lowest BCUT2D eigenvalue weighted by Crippen LogP contribution is -2.59. The van der Waals surface area contributed by atoms with Crippen LogP contribution in [0.25, 0.3) is 0 Å². The highest BCUT2D eigenvalue weighted by molar-refractivity contribution is 7.85. The molecule has 8 rings (SSSR count). The van der Waals surface area contributed by atoms with Crippen molar-refractivity contribution in [2.24, 2.45) is 23.7 Å². The Balaban J connectivity index is 0.000000534. The number of hydrogen-bond donors (Lipinski definition) is 2. The summed E-state index contributed by atoms with van der Waals surface area (Å²) in [6.45, 7) is 6.44. The number of nitrogens with one attached hydrogen (secondary N) is 1. The van der Waals surface area contributed by atoms with E-state index in [-0.39, 0.29) is 0 Å². The van der Waals surface area contributed by atoms with Crippen LogP contribution < -0.4 is 10.1 Å². The molecule has 9 nitrogen and oxygen atoms in total. The number of hydrogen-bond acceptors (Lipinski definition) is 8. The summed E-state index contributed by atoms with van der Waals surface area (Å²) in [6, 6.07) is 8.83. The minimum atomic E-state index is -3.67. The van der Waals surface area contributed by atoms with E-state index in [9.17, 15) is 8.42 Å². The summed E-state index contributed by atoms with van der Waals surface area (Å²) in [7, 11) is -3.67. The Morgan fingerprint density at radius 2 is 1.57 bits per heavy atom. The Labute approximate surface area is 238 Å². The molecule has 0 radical (unpaired) electrons. The van der Waals surface area contributed by atoms with E-state index in [1.807, 2.05) is 0 Å². The average molecular weight is 579 g/mol. The normalized spacial score (nSPS) is 38.9. The summed E-state index contributed by atoms with van der Waals surface area (Å²) in [5.74, 6) is 3.48. The topological polar surface area (TPSA) is 107 Å². The summed E-state index contributed by atoms with van der Waals surface area (Å²) in [5.41, 5.74) is 1.41. The summed E-state index contributed by atoms with van der Waals surface area (Å²) in [4.78, 5) is 14.8. The van der Waals surface area contributed by atoms with Crippen LogP contribution in [-0.4, -0.2) is 75.0 Å². The summed E-state index contributed by atoms with van der Waals surface area (Å²) >= 11 is 0. The van der Waals surface area contributed by atoms with Gasteiger partial charge in [0.25, 0.3) is 10.1 Å². The van der Waals surface area contributed by atoms with Gasteiger partial charge < -0.3 is 19.7 Å².